The van der Waals surface area contributed by atoms with Crippen molar-refractivity contribution in [3.63, 3.8) is 0 Å². The summed E-state index contributed by atoms with van der Waals surface area (Å²) in [5, 5.41) is 0.434. The summed E-state index contributed by atoms with van der Waals surface area (Å²) in [5.74, 6) is 0. The third-order valence-corrected chi connectivity index (χ3v) is 7.77. The van der Waals surface area contributed by atoms with E-state index in [-0.39, 0.29) is 11.5 Å². The molecule has 0 amide bonds. The molecule has 0 aromatic carbocycles. The minimum atomic E-state index is -3.42. The van der Waals surface area contributed by atoms with Crippen molar-refractivity contribution in [2.45, 2.75) is 42.9 Å². The van der Waals surface area contributed by atoms with E-state index in [4.69, 9.17) is 6.57 Å². The topological polar surface area (TPSA) is 41.7 Å². The molecule has 2 fully saturated rings. The average Bonchev–Trinajstić information content (AvgIpc) is 2.92. The smallest absolute Gasteiger partial charge is 0.227 e. The molecule has 1 aromatic rings. The van der Waals surface area contributed by atoms with Gasteiger partial charge in [0, 0.05) is 12.6 Å². The van der Waals surface area contributed by atoms with Crippen molar-refractivity contribution in [3.8, 4) is 0 Å². The second-order valence-corrected chi connectivity index (χ2v) is 8.84. The highest BCUT2D eigenvalue weighted by molar-refractivity contribution is 7.91. The van der Waals surface area contributed by atoms with Gasteiger partial charge in [-0.05, 0) is 43.7 Å². The Morgan fingerprint density at radius 2 is 2.21 bits per heavy atom. The highest BCUT2D eigenvalue weighted by atomic mass is 32.2. The minimum Gasteiger partial charge on any atom is -0.227 e. The van der Waals surface area contributed by atoms with Crippen molar-refractivity contribution in [2.75, 3.05) is 6.54 Å². The van der Waals surface area contributed by atoms with Crippen LogP contribution in [-0.2, 0) is 10.0 Å². The van der Waals surface area contributed by atoms with E-state index in [0.717, 1.165) is 30.6 Å². The first-order valence-corrected chi connectivity index (χ1v) is 8.72. The van der Waals surface area contributed by atoms with Crippen molar-refractivity contribution in [2.24, 2.45) is 5.41 Å². The maximum Gasteiger partial charge on any atom is 0.251 e. The Morgan fingerprint density at radius 3 is 2.68 bits per heavy atom. The van der Waals surface area contributed by atoms with Crippen LogP contribution in [0.3, 0.4) is 0 Å². The summed E-state index contributed by atoms with van der Waals surface area (Å²) in [4.78, 5) is 3.29. The molecule has 1 aromatic heterocycles. The molecule has 1 spiro atoms. The zero-order valence-corrected chi connectivity index (χ0v) is 12.4. The molecular formula is C13H16N2O2S2. The number of nitrogens with zero attached hydrogens (tertiary/aromatic N) is 2. The van der Waals surface area contributed by atoms with Gasteiger partial charge in [-0.25, -0.2) is 13.3 Å². The molecule has 0 N–H and O–H groups in total. The van der Waals surface area contributed by atoms with E-state index in [0.29, 0.717) is 15.8 Å². The maximum absolute atomic E-state index is 12.6. The molecule has 4 nitrogen and oxygen atoms in total. The summed E-state index contributed by atoms with van der Waals surface area (Å²) in [6.07, 6.45) is 4.51. The second-order valence-electron chi connectivity index (χ2n) is 5.66. The van der Waals surface area contributed by atoms with Crippen molar-refractivity contribution in [1.82, 2.24) is 4.31 Å². The van der Waals surface area contributed by atoms with Gasteiger partial charge >= 0.3 is 0 Å². The molecule has 1 atom stereocenters. The molecule has 1 saturated carbocycles. The van der Waals surface area contributed by atoms with Crippen LogP contribution in [0.4, 0.5) is 5.00 Å². The molecule has 1 unspecified atom stereocenters. The summed E-state index contributed by atoms with van der Waals surface area (Å²) in [6, 6.07) is 3.22. The van der Waals surface area contributed by atoms with Crippen LogP contribution in [0.1, 0.15) is 32.6 Å². The first kappa shape index (κ1) is 13.1. The van der Waals surface area contributed by atoms with Gasteiger partial charge in [0.1, 0.15) is 4.21 Å². The first-order chi connectivity index (χ1) is 8.97. The van der Waals surface area contributed by atoms with Gasteiger partial charge in [0.05, 0.1) is 6.57 Å². The molecule has 1 saturated heterocycles. The van der Waals surface area contributed by atoms with Crippen LogP contribution in [0.2, 0.25) is 0 Å². The van der Waals surface area contributed by atoms with Crippen LogP contribution in [0.25, 0.3) is 4.85 Å². The van der Waals surface area contributed by atoms with Crippen LogP contribution in [0.15, 0.2) is 16.3 Å². The number of hydrogen-bond acceptors (Lipinski definition) is 3. The van der Waals surface area contributed by atoms with Gasteiger partial charge in [0.25, 0.3) is 10.0 Å². The number of sulfonamides is 1. The molecule has 19 heavy (non-hydrogen) atoms. The lowest BCUT2D eigenvalue weighted by Gasteiger charge is -2.37. The zero-order chi connectivity index (χ0) is 13.7. The Bertz CT molecular complexity index is 638. The van der Waals surface area contributed by atoms with Gasteiger partial charge in [0.2, 0.25) is 5.00 Å². The number of thiophene rings is 1. The summed E-state index contributed by atoms with van der Waals surface area (Å²) in [7, 11) is -3.42. The first-order valence-electron chi connectivity index (χ1n) is 6.46. The van der Waals surface area contributed by atoms with Gasteiger partial charge in [-0.1, -0.05) is 6.42 Å². The van der Waals surface area contributed by atoms with Crippen molar-refractivity contribution in [3.05, 3.63) is 23.5 Å². The Kier molecular flexibility index (Phi) is 2.97. The Hall–Kier alpha value is -0.900. The predicted octanol–water partition coefficient (Wildman–Crippen LogP) is 3.25. The van der Waals surface area contributed by atoms with Gasteiger partial charge in [0.15, 0.2) is 0 Å². The molecule has 3 rings (SSSR count). The van der Waals surface area contributed by atoms with E-state index >= 15 is 0 Å². The summed E-state index contributed by atoms with van der Waals surface area (Å²) < 4.78 is 27.2. The van der Waals surface area contributed by atoms with E-state index in [2.05, 4.69) is 4.85 Å². The fourth-order valence-electron chi connectivity index (χ4n) is 3.27. The van der Waals surface area contributed by atoms with Gasteiger partial charge in [-0.15, -0.1) is 11.3 Å². The lowest BCUT2D eigenvalue weighted by molar-refractivity contribution is 0.152. The summed E-state index contributed by atoms with van der Waals surface area (Å²) >= 11 is 1.07. The fourth-order valence-corrected chi connectivity index (χ4v) is 6.22. The summed E-state index contributed by atoms with van der Waals surface area (Å²) in [5.41, 5.74) is 0.242. The van der Waals surface area contributed by atoms with E-state index in [1.807, 2.05) is 6.92 Å². The molecular weight excluding hydrogens is 280 g/mol. The van der Waals surface area contributed by atoms with Gasteiger partial charge < -0.3 is 0 Å². The molecule has 0 bridgehead atoms. The SMILES string of the molecule is [C-]#[N+]c1ccc(S(=O)(=O)N2CC3(CCC3)CC2C)s1. The monoisotopic (exact) mass is 296 g/mol. The van der Waals surface area contributed by atoms with Crippen LogP contribution in [-0.4, -0.2) is 25.3 Å². The minimum absolute atomic E-state index is 0.0730. The van der Waals surface area contributed by atoms with Gasteiger partial charge in [-0.3, -0.25) is 0 Å². The molecule has 2 heterocycles. The van der Waals surface area contributed by atoms with E-state index in [1.165, 1.54) is 6.42 Å². The van der Waals surface area contributed by atoms with Crippen molar-refractivity contribution >= 4 is 26.4 Å². The van der Waals surface area contributed by atoms with Gasteiger partial charge in [-0.2, -0.15) is 4.31 Å². The normalized spacial score (nSPS) is 26.2. The number of rotatable bonds is 2. The molecule has 1 aliphatic carbocycles. The van der Waals surface area contributed by atoms with Crippen LogP contribution in [0, 0.1) is 12.0 Å². The van der Waals surface area contributed by atoms with Crippen LogP contribution < -0.4 is 0 Å². The van der Waals surface area contributed by atoms with Crippen LogP contribution >= 0.6 is 11.3 Å². The Labute approximate surface area is 117 Å². The van der Waals surface area contributed by atoms with Crippen LogP contribution in [0.5, 0.6) is 0 Å². The van der Waals surface area contributed by atoms with Crippen molar-refractivity contribution < 1.29 is 8.42 Å². The molecule has 2 aliphatic rings. The molecule has 0 radical (unpaired) electrons. The largest absolute Gasteiger partial charge is 0.251 e. The highest BCUT2D eigenvalue weighted by Crippen LogP contribution is 2.51. The third kappa shape index (κ3) is 2.00. The Balaban J connectivity index is 1.90. The predicted molar refractivity (Wildman–Crippen MR) is 74.8 cm³/mol. The fraction of sp³-hybridized carbons (Fsp3) is 0.615. The maximum atomic E-state index is 12.6. The quantitative estimate of drug-likeness (QED) is 0.786. The van der Waals surface area contributed by atoms with E-state index < -0.39 is 10.0 Å². The van der Waals surface area contributed by atoms with E-state index in [9.17, 15) is 8.42 Å². The summed E-state index contributed by atoms with van der Waals surface area (Å²) in [6.45, 7) is 9.59. The molecule has 102 valence electrons. The standard InChI is InChI=1S/C13H16N2O2S2/c1-10-8-13(6-3-7-13)9-15(10)19(16,17)12-5-4-11(14-2)18-12/h4-5,10H,3,6-9H2,1H3. The zero-order valence-electron chi connectivity index (χ0n) is 10.8. The molecule has 1 aliphatic heterocycles. The second kappa shape index (κ2) is 4.30. The van der Waals surface area contributed by atoms with E-state index in [1.54, 1.807) is 16.4 Å². The lowest BCUT2D eigenvalue weighted by atomic mass is 9.68. The third-order valence-electron chi connectivity index (χ3n) is 4.37. The Morgan fingerprint density at radius 1 is 1.47 bits per heavy atom. The van der Waals surface area contributed by atoms with Crippen molar-refractivity contribution in [1.29, 1.82) is 0 Å². The highest BCUT2D eigenvalue weighted by Gasteiger charge is 2.50. The number of hydrogen-bond donors (Lipinski definition) is 0. The molecule has 6 heteroatoms. The average molecular weight is 296 g/mol. The lowest BCUT2D eigenvalue weighted by Crippen LogP contribution is -2.37.